The Morgan fingerprint density at radius 2 is 2.00 bits per heavy atom. The standard InChI is InChI=1S/C11H15N3O4S/c1-11(6-15,7-16)14-19(17,18)10-3-2-9(13)4-8(10)5-12/h2-4,14-16H,6-7,13H2,1H3. The van der Waals surface area contributed by atoms with Crippen LogP contribution in [0.3, 0.4) is 0 Å². The molecule has 0 aliphatic rings. The zero-order chi connectivity index (χ0) is 14.7. The molecule has 0 aliphatic carbocycles. The molecule has 0 radical (unpaired) electrons. The first-order valence-corrected chi connectivity index (χ1v) is 6.81. The van der Waals surface area contributed by atoms with Gasteiger partial charge in [-0.1, -0.05) is 0 Å². The smallest absolute Gasteiger partial charge is 0.242 e. The maximum Gasteiger partial charge on any atom is 0.242 e. The summed E-state index contributed by atoms with van der Waals surface area (Å²) in [6.07, 6.45) is 0. The van der Waals surface area contributed by atoms with Gasteiger partial charge in [-0.15, -0.1) is 0 Å². The molecule has 0 saturated heterocycles. The average molecular weight is 285 g/mol. The van der Waals surface area contributed by atoms with E-state index in [1.165, 1.54) is 25.1 Å². The number of nitriles is 1. The molecule has 0 fully saturated rings. The molecule has 7 nitrogen and oxygen atoms in total. The molecule has 19 heavy (non-hydrogen) atoms. The fraction of sp³-hybridized carbons (Fsp3) is 0.364. The number of anilines is 1. The van der Waals surface area contributed by atoms with E-state index in [1.807, 2.05) is 0 Å². The third-order valence-electron chi connectivity index (χ3n) is 2.49. The van der Waals surface area contributed by atoms with Gasteiger partial charge < -0.3 is 15.9 Å². The quantitative estimate of drug-likeness (QED) is 0.521. The van der Waals surface area contributed by atoms with E-state index in [2.05, 4.69) is 4.72 Å². The summed E-state index contributed by atoms with van der Waals surface area (Å²) >= 11 is 0. The van der Waals surface area contributed by atoms with Crippen LogP contribution in [0.2, 0.25) is 0 Å². The Balaban J connectivity index is 3.26. The second-order valence-corrected chi connectivity index (χ2v) is 6.00. The predicted octanol–water partition coefficient (Wildman–Crippen LogP) is -0.838. The number of sulfonamides is 1. The number of benzene rings is 1. The summed E-state index contributed by atoms with van der Waals surface area (Å²) < 4.78 is 26.4. The zero-order valence-corrected chi connectivity index (χ0v) is 11.1. The molecule has 0 saturated carbocycles. The van der Waals surface area contributed by atoms with Crippen molar-refractivity contribution in [3.8, 4) is 6.07 Å². The summed E-state index contributed by atoms with van der Waals surface area (Å²) in [5, 5.41) is 27.1. The van der Waals surface area contributed by atoms with E-state index >= 15 is 0 Å². The van der Waals surface area contributed by atoms with Crippen molar-refractivity contribution in [2.24, 2.45) is 0 Å². The molecular formula is C11H15N3O4S. The van der Waals surface area contributed by atoms with Crippen molar-refractivity contribution in [3.05, 3.63) is 23.8 Å². The molecule has 0 heterocycles. The van der Waals surface area contributed by atoms with Crippen LogP contribution in [-0.2, 0) is 10.0 Å². The van der Waals surface area contributed by atoms with Gasteiger partial charge in [-0.2, -0.15) is 5.26 Å². The molecule has 0 amide bonds. The molecule has 0 bridgehead atoms. The van der Waals surface area contributed by atoms with Crippen LogP contribution in [0.5, 0.6) is 0 Å². The van der Waals surface area contributed by atoms with Crippen LogP contribution >= 0.6 is 0 Å². The van der Waals surface area contributed by atoms with E-state index in [1.54, 1.807) is 6.07 Å². The monoisotopic (exact) mass is 285 g/mol. The summed E-state index contributed by atoms with van der Waals surface area (Å²) in [6, 6.07) is 5.53. The number of hydrogen-bond donors (Lipinski definition) is 4. The minimum Gasteiger partial charge on any atom is -0.399 e. The first kappa shape index (κ1) is 15.4. The number of aliphatic hydroxyl groups is 2. The van der Waals surface area contributed by atoms with Crippen molar-refractivity contribution in [3.63, 3.8) is 0 Å². The molecule has 104 valence electrons. The van der Waals surface area contributed by atoms with Crippen LogP contribution in [-0.4, -0.2) is 37.4 Å². The number of nitrogens with two attached hydrogens (primary N) is 1. The van der Waals surface area contributed by atoms with Crippen LogP contribution in [0, 0.1) is 11.3 Å². The number of aliphatic hydroxyl groups excluding tert-OH is 2. The van der Waals surface area contributed by atoms with E-state index < -0.39 is 28.8 Å². The molecule has 0 aliphatic heterocycles. The van der Waals surface area contributed by atoms with E-state index in [9.17, 15) is 8.42 Å². The van der Waals surface area contributed by atoms with Crippen molar-refractivity contribution in [2.75, 3.05) is 18.9 Å². The van der Waals surface area contributed by atoms with Gasteiger partial charge in [0.25, 0.3) is 0 Å². The minimum atomic E-state index is -4.05. The fourth-order valence-electron chi connectivity index (χ4n) is 1.36. The summed E-state index contributed by atoms with van der Waals surface area (Å²) in [5.41, 5.74) is 4.23. The Morgan fingerprint density at radius 1 is 1.42 bits per heavy atom. The third kappa shape index (κ3) is 3.42. The van der Waals surface area contributed by atoms with Crippen molar-refractivity contribution < 1.29 is 18.6 Å². The molecule has 1 aromatic carbocycles. The highest BCUT2D eigenvalue weighted by molar-refractivity contribution is 7.89. The minimum absolute atomic E-state index is 0.106. The van der Waals surface area contributed by atoms with Crippen LogP contribution in [0.25, 0.3) is 0 Å². The first-order valence-electron chi connectivity index (χ1n) is 5.33. The number of nitrogens with one attached hydrogen (secondary N) is 1. The van der Waals surface area contributed by atoms with Gasteiger partial charge in [0.2, 0.25) is 10.0 Å². The fourth-order valence-corrected chi connectivity index (χ4v) is 2.89. The second-order valence-electron chi connectivity index (χ2n) is 4.35. The van der Waals surface area contributed by atoms with Gasteiger partial charge in [0, 0.05) is 5.69 Å². The third-order valence-corrected chi connectivity index (χ3v) is 4.19. The highest BCUT2D eigenvalue weighted by Gasteiger charge is 2.30. The van der Waals surface area contributed by atoms with Gasteiger partial charge in [-0.3, -0.25) is 0 Å². The van der Waals surface area contributed by atoms with Crippen LogP contribution in [0.4, 0.5) is 5.69 Å². The lowest BCUT2D eigenvalue weighted by Crippen LogP contribution is -2.51. The largest absolute Gasteiger partial charge is 0.399 e. The summed E-state index contributed by atoms with van der Waals surface area (Å²) in [5.74, 6) is 0. The van der Waals surface area contributed by atoms with Gasteiger partial charge in [0.05, 0.1) is 29.2 Å². The topological polar surface area (TPSA) is 136 Å². The summed E-state index contributed by atoms with van der Waals surface area (Å²) in [4.78, 5) is -0.252. The molecule has 5 N–H and O–H groups in total. The summed E-state index contributed by atoms with van der Waals surface area (Å²) in [6.45, 7) is 0.174. The molecule has 0 unspecified atom stereocenters. The Labute approximate surface area is 111 Å². The number of hydrogen-bond acceptors (Lipinski definition) is 6. The van der Waals surface area contributed by atoms with Gasteiger partial charge in [0.15, 0.2) is 0 Å². The number of nitrogen functional groups attached to an aromatic ring is 1. The average Bonchev–Trinajstić information content (AvgIpc) is 2.37. The number of rotatable bonds is 5. The number of nitrogens with zero attached hydrogens (tertiary/aromatic N) is 1. The Hall–Kier alpha value is -1.66. The van der Waals surface area contributed by atoms with Crippen LogP contribution < -0.4 is 10.5 Å². The van der Waals surface area contributed by atoms with Gasteiger partial charge >= 0.3 is 0 Å². The maximum atomic E-state index is 12.1. The Bertz CT molecular complexity index is 603. The Morgan fingerprint density at radius 3 is 2.47 bits per heavy atom. The molecule has 1 aromatic rings. The van der Waals surface area contributed by atoms with Gasteiger partial charge in [0.1, 0.15) is 6.07 Å². The lowest BCUT2D eigenvalue weighted by Gasteiger charge is -2.26. The van der Waals surface area contributed by atoms with E-state index in [-0.39, 0.29) is 16.1 Å². The lowest BCUT2D eigenvalue weighted by atomic mass is 10.1. The SMILES string of the molecule is CC(CO)(CO)NS(=O)(=O)c1ccc(N)cc1C#N. The van der Waals surface area contributed by atoms with Crippen molar-refractivity contribution in [2.45, 2.75) is 17.4 Å². The van der Waals surface area contributed by atoms with Crippen molar-refractivity contribution in [1.82, 2.24) is 4.72 Å². The maximum absolute atomic E-state index is 12.1. The lowest BCUT2D eigenvalue weighted by molar-refractivity contribution is 0.122. The van der Waals surface area contributed by atoms with Crippen LogP contribution in [0.15, 0.2) is 23.1 Å². The van der Waals surface area contributed by atoms with E-state index in [4.69, 9.17) is 21.2 Å². The van der Waals surface area contributed by atoms with E-state index in [0.717, 1.165) is 0 Å². The van der Waals surface area contributed by atoms with Gasteiger partial charge in [-0.05, 0) is 25.1 Å². The molecule has 0 spiro atoms. The van der Waals surface area contributed by atoms with Crippen molar-refractivity contribution in [1.29, 1.82) is 5.26 Å². The molecule has 0 aromatic heterocycles. The molecular weight excluding hydrogens is 270 g/mol. The highest BCUT2D eigenvalue weighted by atomic mass is 32.2. The van der Waals surface area contributed by atoms with Crippen LogP contribution in [0.1, 0.15) is 12.5 Å². The summed E-state index contributed by atoms with van der Waals surface area (Å²) in [7, 11) is -4.05. The van der Waals surface area contributed by atoms with Crippen molar-refractivity contribution >= 4 is 15.7 Å². The van der Waals surface area contributed by atoms with E-state index in [0.29, 0.717) is 0 Å². The molecule has 8 heteroatoms. The predicted molar refractivity (Wildman–Crippen MR) is 68.5 cm³/mol. The molecule has 1 rings (SSSR count). The highest BCUT2D eigenvalue weighted by Crippen LogP contribution is 2.19. The van der Waals surface area contributed by atoms with Gasteiger partial charge in [-0.25, -0.2) is 13.1 Å². The normalized spacial score (nSPS) is 12.1. The zero-order valence-electron chi connectivity index (χ0n) is 10.3. The first-order chi connectivity index (χ1) is 8.78. The second kappa shape index (κ2) is 5.54. The molecule has 0 atom stereocenters. The Kier molecular flexibility index (Phi) is 4.49.